The minimum atomic E-state index is -0.0631. The minimum Gasteiger partial charge on any atom is -0.484 e. The molecule has 0 bridgehead atoms. The average Bonchev–Trinajstić information content (AvgIpc) is 3.06. The number of ether oxygens (including phenoxy) is 1. The van der Waals surface area contributed by atoms with Crippen LogP contribution in [0, 0.1) is 5.92 Å². The van der Waals surface area contributed by atoms with Gasteiger partial charge in [-0.1, -0.05) is 28.1 Å². The van der Waals surface area contributed by atoms with Crippen molar-refractivity contribution >= 4 is 45.0 Å². The van der Waals surface area contributed by atoms with Crippen LogP contribution in [0.25, 0.3) is 10.8 Å². The summed E-state index contributed by atoms with van der Waals surface area (Å²) in [4.78, 5) is 11.8. The maximum atomic E-state index is 11.8. The van der Waals surface area contributed by atoms with Crippen LogP contribution in [0.3, 0.4) is 0 Å². The molecule has 1 heterocycles. The number of halogens is 2. The second-order valence-corrected chi connectivity index (χ2v) is 6.86. The summed E-state index contributed by atoms with van der Waals surface area (Å²) in [6, 6.07) is 11.9. The van der Waals surface area contributed by atoms with Crippen molar-refractivity contribution in [3.8, 4) is 5.75 Å². The monoisotopic (exact) mass is 412 g/mol. The number of amides is 1. The molecule has 6 heteroatoms. The van der Waals surface area contributed by atoms with Gasteiger partial charge in [-0.05, 0) is 66.9 Å². The second-order valence-electron chi connectivity index (χ2n) is 5.94. The highest BCUT2D eigenvalue weighted by Crippen LogP contribution is 2.24. The molecule has 1 amide bonds. The van der Waals surface area contributed by atoms with Crippen LogP contribution in [-0.4, -0.2) is 32.1 Å². The predicted octanol–water partition coefficient (Wildman–Crippen LogP) is 3.52. The first kappa shape index (κ1) is 19.0. The molecule has 2 aromatic rings. The summed E-state index contributed by atoms with van der Waals surface area (Å²) >= 11 is 3.46. The van der Waals surface area contributed by atoms with Crippen molar-refractivity contribution in [1.29, 1.82) is 0 Å². The molecule has 3 rings (SSSR count). The Morgan fingerprint density at radius 1 is 1.25 bits per heavy atom. The van der Waals surface area contributed by atoms with Gasteiger partial charge in [0.15, 0.2) is 6.61 Å². The third kappa shape index (κ3) is 5.36. The normalized spacial score (nSPS) is 16.6. The molecule has 1 fully saturated rings. The topological polar surface area (TPSA) is 50.4 Å². The van der Waals surface area contributed by atoms with E-state index in [-0.39, 0.29) is 24.9 Å². The highest BCUT2D eigenvalue weighted by Gasteiger charge is 2.14. The summed E-state index contributed by atoms with van der Waals surface area (Å²) in [5.41, 5.74) is 0. The molecule has 2 aromatic carbocycles. The Balaban J connectivity index is 0.00000208. The molecular formula is C18H22BrClN2O2. The smallest absolute Gasteiger partial charge is 0.257 e. The molecule has 0 aliphatic carbocycles. The van der Waals surface area contributed by atoms with Gasteiger partial charge >= 0.3 is 0 Å². The second kappa shape index (κ2) is 9.25. The highest BCUT2D eigenvalue weighted by atomic mass is 79.9. The highest BCUT2D eigenvalue weighted by molar-refractivity contribution is 9.10. The Morgan fingerprint density at radius 3 is 2.83 bits per heavy atom. The lowest BCUT2D eigenvalue weighted by molar-refractivity contribution is -0.123. The maximum Gasteiger partial charge on any atom is 0.257 e. The quantitative estimate of drug-likeness (QED) is 0.762. The molecule has 4 nitrogen and oxygen atoms in total. The van der Waals surface area contributed by atoms with Gasteiger partial charge in [-0.25, -0.2) is 0 Å². The number of benzene rings is 2. The molecule has 1 unspecified atom stereocenters. The summed E-state index contributed by atoms with van der Waals surface area (Å²) < 4.78 is 6.64. The van der Waals surface area contributed by atoms with Crippen LogP contribution in [0.5, 0.6) is 5.75 Å². The van der Waals surface area contributed by atoms with E-state index in [0.29, 0.717) is 5.92 Å². The van der Waals surface area contributed by atoms with Gasteiger partial charge in [0.25, 0.3) is 5.91 Å². The number of nitrogens with one attached hydrogen (secondary N) is 2. The molecular weight excluding hydrogens is 392 g/mol. The lowest BCUT2D eigenvalue weighted by Gasteiger charge is -2.10. The van der Waals surface area contributed by atoms with Crippen molar-refractivity contribution in [2.24, 2.45) is 5.92 Å². The number of hydrogen-bond acceptors (Lipinski definition) is 3. The summed E-state index contributed by atoms with van der Waals surface area (Å²) in [6.07, 6.45) is 2.24. The summed E-state index contributed by atoms with van der Waals surface area (Å²) in [5, 5.41) is 8.50. The summed E-state index contributed by atoms with van der Waals surface area (Å²) in [7, 11) is 0. The third-order valence-corrected chi connectivity index (χ3v) is 4.67. The largest absolute Gasteiger partial charge is 0.484 e. The Hall–Kier alpha value is -1.30. The van der Waals surface area contributed by atoms with Crippen LogP contribution in [0.4, 0.5) is 0 Å². The van der Waals surface area contributed by atoms with E-state index < -0.39 is 0 Å². The number of carbonyl (C=O) groups excluding carboxylic acids is 1. The molecule has 0 spiro atoms. The first-order valence-corrected chi connectivity index (χ1v) is 8.79. The van der Waals surface area contributed by atoms with Crippen LogP contribution in [-0.2, 0) is 4.79 Å². The van der Waals surface area contributed by atoms with Crippen LogP contribution in [0.1, 0.15) is 12.8 Å². The first-order chi connectivity index (χ1) is 11.2. The standard InChI is InChI=1S/C18H21BrN2O2.ClH/c19-16-3-1-15-10-17(4-2-14(15)9-16)23-12-18(22)21-8-6-13-5-7-20-11-13;/h1-4,9-10,13,20H,5-8,11-12H2,(H,21,22);1H. The fourth-order valence-corrected chi connectivity index (χ4v) is 3.24. The maximum absolute atomic E-state index is 11.8. The van der Waals surface area contributed by atoms with E-state index in [1.54, 1.807) is 0 Å². The van der Waals surface area contributed by atoms with Gasteiger partial charge in [-0.15, -0.1) is 12.4 Å². The van der Waals surface area contributed by atoms with Crippen molar-refractivity contribution in [2.45, 2.75) is 12.8 Å². The van der Waals surface area contributed by atoms with Crippen molar-refractivity contribution in [2.75, 3.05) is 26.2 Å². The third-order valence-electron chi connectivity index (χ3n) is 4.18. The van der Waals surface area contributed by atoms with Crippen LogP contribution < -0.4 is 15.4 Å². The first-order valence-electron chi connectivity index (χ1n) is 8.00. The zero-order valence-electron chi connectivity index (χ0n) is 13.4. The molecule has 1 atom stereocenters. The minimum absolute atomic E-state index is 0. The number of rotatable bonds is 6. The molecule has 24 heavy (non-hydrogen) atoms. The molecule has 0 radical (unpaired) electrons. The molecule has 1 aliphatic heterocycles. The summed E-state index contributed by atoms with van der Waals surface area (Å²) in [5.74, 6) is 1.35. The van der Waals surface area contributed by atoms with Gasteiger partial charge in [0.05, 0.1) is 0 Å². The van der Waals surface area contributed by atoms with E-state index in [4.69, 9.17) is 4.74 Å². The Morgan fingerprint density at radius 2 is 2.04 bits per heavy atom. The molecule has 1 aliphatic rings. The van der Waals surface area contributed by atoms with Gasteiger partial charge in [0, 0.05) is 11.0 Å². The SMILES string of the molecule is Cl.O=C(COc1ccc2cc(Br)ccc2c1)NCCC1CCNC1. The van der Waals surface area contributed by atoms with Crippen LogP contribution >= 0.6 is 28.3 Å². The lowest BCUT2D eigenvalue weighted by Crippen LogP contribution is -2.30. The molecule has 1 saturated heterocycles. The predicted molar refractivity (Wildman–Crippen MR) is 103 cm³/mol. The zero-order valence-corrected chi connectivity index (χ0v) is 15.8. The van der Waals surface area contributed by atoms with Crippen molar-refractivity contribution in [1.82, 2.24) is 10.6 Å². The van der Waals surface area contributed by atoms with Gasteiger partial charge in [-0.2, -0.15) is 0 Å². The Bertz CT molecular complexity index is 690. The van der Waals surface area contributed by atoms with Crippen LogP contribution in [0.2, 0.25) is 0 Å². The average molecular weight is 414 g/mol. The molecule has 0 saturated carbocycles. The van der Waals surface area contributed by atoms with Gasteiger partial charge in [-0.3, -0.25) is 4.79 Å². The van der Waals surface area contributed by atoms with E-state index >= 15 is 0 Å². The number of fused-ring (bicyclic) bond motifs is 1. The fourth-order valence-electron chi connectivity index (χ4n) is 2.86. The van der Waals surface area contributed by atoms with E-state index in [2.05, 4.69) is 32.6 Å². The number of hydrogen-bond donors (Lipinski definition) is 2. The van der Waals surface area contributed by atoms with E-state index in [1.165, 1.54) is 6.42 Å². The summed E-state index contributed by atoms with van der Waals surface area (Å²) in [6.45, 7) is 2.95. The van der Waals surface area contributed by atoms with Crippen molar-refractivity contribution in [3.05, 3.63) is 40.9 Å². The lowest BCUT2D eigenvalue weighted by atomic mass is 10.1. The molecule has 0 aromatic heterocycles. The number of carbonyl (C=O) groups is 1. The van der Waals surface area contributed by atoms with Gasteiger partial charge in [0.2, 0.25) is 0 Å². The van der Waals surface area contributed by atoms with Crippen molar-refractivity contribution in [3.63, 3.8) is 0 Å². The Labute approximate surface area is 156 Å². The Kier molecular flexibility index (Phi) is 7.34. The molecule has 2 N–H and O–H groups in total. The fraction of sp³-hybridized carbons (Fsp3) is 0.389. The van der Waals surface area contributed by atoms with Gasteiger partial charge < -0.3 is 15.4 Å². The van der Waals surface area contributed by atoms with Crippen molar-refractivity contribution < 1.29 is 9.53 Å². The van der Waals surface area contributed by atoms with E-state index in [1.807, 2.05) is 30.3 Å². The zero-order chi connectivity index (χ0) is 16.1. The molecule has 130 valence electrons. The van der Waals surface area contributed by atoms with E-state index in [0.717, 1.165) is 47.0 Å². The van der Waals surface area contributed by atoms with E-state index in [9.17, 15) is 4.79 Å². The van der Waals surface area contributed by atoms with Gasteiger partial charge in [0.1, 0.15) is 5.75 Å². The van der Waals surface area contributed by atoms with Crippen LogP contribution in [0.15, 0.2) is 40.9 Å².